The highest BCUT2D eigenvalue weighted by Crippen LogP contribution is 2.39. The minimum atomic E-state index is -0.108. The van der Waals surface area contributed by atoms with Gasteiger partial charge in [-0.05, 0) is 11.6 Å². The molecule has 0 fully saturated rings. The lowest BCUT2D eigenvalue weighted by atomic mass is 9.82. The predicted molar refractivity (Wildman–Crippen MR) is 50.8 cm³/mol. The van der Waals surface area contributed by atoms with Crippen molar-refractivity contribution in [2.24, 2.45) is 5.41 Å². The Balaban J connectivity index is 3.11. The third kappa shape index (κ3) is 1.69. The zero-order chi connectivity index (χ0) is 8.65. The molecule has 0 aromatic heterocycles. The van der Waals surface area contributed by atoms with E-state index in [0.29, 0.717) is 10.1 Å². The molecule has 2 heteroatoms. The van der Waals surface area contributed by atoms with Gasteiger partial charge in [0.05, 0.1) is 0 Å². The van der Waals surface area contributed by atoms with Crippen LogP contribution in [0.5, 0.6) is 0 Å². The van der Waals surface area contributed by atoms with E-state index in [1.54, 1.807) is 6.08 Å². The van der Waals surface area contributed by atoms with Gasteiger partial charge in [0.25, 0.3) is 0 Å². The van der Waals surface area contributed by atoms with Crippen molar-refractivity contribution < 1.29 is 0 Å². The quantitative estimate of drug-likeness (QED) is 0.543. The molecular formula is C9H10Cl2. The van der Waals surface area contributed by atoms with Crippen molar-refractivity contribution in [2.75, 3.05) is 0 Å². The van der Waals surface area contributed by atoms with Crippen LogP contribution in [0.1, 0.15) is 13.8 Å². The molecule has 60 valence electrons. The first-order valence-electron chi connectivity index (χ1n) is 3.39. The zero-order valence-electron chi connectivity index (χ0n) is 6.62. The molecule has 11 heavy (non-hydrogen) atoms. The summed E-state index contributed by atoms with van der Waals surface area (Å²) in [5.74, 6) is 0. The summed E-state index contributed by atoms with van der Waals surface area (Å²) in [5, 5.41) is 1.34. The van der Waals surface area contributed by atoms with Gasteiger partial charge in [0.15, 0.2) is 0 Å². The molecule has 0 atom stereocenters. The second-order valence-corrected chi connectivity index (χ2v) is 4.07. The Kier molecular flexibility index (Phi) is 2.17. The highest BCUT2D eigenvalue weighted by Gasteiger charge is 2.24. The van der Waals surface area contributed by atoms with E-state index in [-0.39, 0.29) is 5.41 Å². The third-order valence-electron chi connectivity index (χ3n) is 1.83. The van der Waals surface area contributed by atoms with Crippen LogP contribution < -0.4 is 0 Å². The minimum absolute atomic E-state index is 0.108. The van der Waals surface area contributed by atoms with Gasteiger partial charge in [0, 0.05) is 15.5 Å². The van der Waals surface area contributed by atoms with E-state index < -0.39 is 0 Å². The average Bonchev–Trinajstić information content (AvgIpc) is 1.81. The minimum Gasteiger partial charge on any atom is -0.0935 e. The Morgan fingerprint density at radius 2 is 1.91 bits per heavy atom. The molecule has 0 unspecified atom stereocenters. The monoisotopic (exact) mass is 188 g/mol. The van der Waals surface area contributed by atoms with Crippen molar-refractivity contribution in [3.63, 3.8) is 0 Å². The fraction of sp³-hybridized carbons (Fsp3) is 0.333. The van der Waals surface area contributed by atoms with E-state index in [9.17, 15) is 0 Å². The van der Waals surface area contributed by atoms with Crippen LogP contribution in [0.2, 0.25) is 0 Å². The summed E-state index contributed by atoms with van der Waals surface area (Å²) in [6.45, 7) is 7.95. The van der Waals surface area contributed by atoms with E-state index in [0.717, 1.165) is 5.57 Å². The molecule has 0 heterocycles. The van der Waals surface area contributed by atoms with Gasteiger partial charge in [0.1, 0.15) is 0 Å². The van der Waals surface area contributed by atoms with E-state index in [1.807, 2.05) is 19.9 Å². The topological polar surface area (TPSA) is 0 Å². The Morgan fingerprint density at radius 1 is 1.36 bits per heavy atom. The summed E-state index contributed by atoms with van der Waals surface area (Å²) in [6.07, 6.45) is 3.67. The first-order chi connectivity index (χ1) is 4.93. The van der Waals surface area contributed by atoms with Gasteiger partial charge in [-0.15, -0.1) is 0 Å². The van der Waals surface area contributed by atoms with Gasteiger partial charge < -0.3 is 0 Å². The standard InChI is InChI=1S/C9H10Cl2/c1-6-8(11)4-7(10)5-9(6,2)3/h4-5H,1H2,2-3H3. The molecule has 0 aliphatic heterocycles. The van der Waals surface area contributed by atoms with E-state index in [1.165, 1.54) is 0 Å². The third-order valence-corrected chi connectivity index (χ3v) is 2.38. The van der Waals surface area contributed by atoms with E-state index in [2.05, 4.69) is 6.58 Å². The summed E-state index contributed by atoms with van der Waals surface area (Å²) in [4.78, 5) is 0. The van der Waals surface area contributed by atoms with Crippen LogP contribution in [0, 0.1) is 5.41 Å². The zero-order valence-corrected chi connectivity index (χ0v) is 8.13. The maximum absolute atomic E-state index is 5.88. The van der Waals surface area contributed by atoms with Crippen LogP contribution in [0.25, 0.3) is 0 Å². The van der Waals surface area contributed by atoms with Crippen molar-refractivity contribution in [2.45, 2.75) is 13.8 Å². The van der Waals surface area contributed by atoms with Gasteiger partial charge in [0.2, 0.25) is 0 Å². The molecule has 0 spiro atoms. The van der Waals surface area contributed by atoms with Gasteiger partial charge in [-0.3, -0.25) is 0 Å². The average molecular weight is 189 g/mol. The van der Waals surface area contributed by atoms with Crippen molar-refractivity contribution in [1.29, 1.82) is 0 Å². The molecule has 0 N–H and O–H groups in total. The first kappa shape index (κ1) is 8.89. The normalized spacial score (nSPS) is 22.7. The van der Waals surface area contributed by atoms with Gasteiger partial charge in [-0.25, -0.2) is 0 Å². The van der Waals surface area contributed by atoms with Crippen LogP contribution in [0.3, 0.4) is 0 Å². The Labute approximate surface area is 77.2 Å². The van der Waals surface area contributed by atoms with Crippen molar-refractivity contribution in [1.82, 2.24) is 0 Å². The molecule has 1 rings (SSSR count). The molecule has 0 nitrogen and oxygen atoms in total. The molecule has 0 amide bonds. The molecule has 0 aromatic carbocycles. The molecule has 0 radical (unpaired) electrons. The summed E-state index contributed by atoms with van der Waals surface area (Å²) in [6, 6.07) is 0. The van der Waals surface area contributed by atoms with Crippen LogP contribution in [-0.4, -0.2) is 0 Å². The first-order valence-corrected chi connectivity index (χ1v) is 4.14. The van der Waals surface area contributed by atoms with Gasteiger partial charge >= 0.3 is 0 Å². The van der Waals surface area contributed by atoms with Crippen molar-refractivity contribution in [3.8, 4) is 0 Å². The second-order valence-electron chi connectivity index (χ2n) is 3.22. The lowest BCUT2D eigenvalue weighted by Crippen LogP contribution is -2.13. The smallest absolute Gasteiger partial charge is 0.0455 e. The fourth-order valence-electron chi connectivity index (χ4n) is 0.989. The molecule has 0 saturated carbocycles. The largest absolute Gasteiger partial charge is 0.0935 e. The van der Waals surface area contributed by atoms with Crippen molar-refractivity contribution >= 4 is 23.2 Å². The molecular weight excluding hydrogens is 179 g/mol. The number of hydrogen-bond acceptors (Lipinski definition) is 0. The number of allylic oxidation sites excluding steroid dienone is 5. The van der Waals surface area contributed by atoms with Crippen LogP contribution >= 0.6 is 23.2 Å². The molecule has 1 aliphatic carbocycles. The predicted octanol–water partition coefficient (Wildman–Crippen LogP) is 3.83. The van der Waals surface area contributed by atoms with E-state index in [4.69, 9.17) is 23.2 Å². The number of rotatable bonds is 0. The SMILES string of the molecule is C=C1C(Cl)=CC(Cl)=CC1(C)C. The summed E-state index contributed by atoms with van der Waals surface area (Å²) >= 11 is 11.7. The van der Waals surface area contributed by atoms with Crippen LogP contribution in [0.4, 0.5) is 0 Å². The maximum Gasteiger partial charge on any atom is 0.0455 e. The lowest BCUT2D eigenvalue weighted by molar-refractivity contribution is 0.589. The highest BCUT2D eigenvalue weighted by atomic mass is 35.5. The molecule has 1 aliphatic rings. The van der Waals surface area contributed by atoms with E-state index >= 15 is 0 Å². The number of halogens is 2. The highest BCUT2D eigenvalue weighted by molar-refractivity contribution is 6.36. The van der Waals surface area contributed by atoms with Crippen LogP contribution in [0.15, 0.2) is 34.4 Å². The van der Waals surface area contributed by atoms with Gasteiger partial charge in [-0.2, -0.15) is 0 Å². The molecule has 0 aromatic rings. The van der Waals surface area contributed by atoms with Crippen molar-refractivity contribution in [3.05, 3.63) is 34.4 Å². The molecule has 0 bridgehead atoms. The Hall–Kier alpha value is -0.200. The summed E-state index contributed by atoms with van der Waals surface area (Å²) in [5.41, 5.74) is 0.812. The lowest BCUT2D eigenvalue weighted by Gasteiger charge is -2.26. The Bertz CT molecular complexity index is 257. The Morgan fingerprint density at radius 3 is 2.36 bits per heavy atom. The maximum atomic E-state index is 5.88. The number of hydrogen-bond donors (Lipinski definition) is 0. The van der Waals surface area contributed by atoms with Crippen LogP contribution in [-0.2, 0) is 0 Å². The summed E-state index contributed by atoms with van der Waals surface area (Å²) < 4.78 is 0. The fourth-order valence-corrected chi connectivity index (χ4v) is 1.79. The molecule has 0 saturated heterocycles. The van der Waals surface area contributed by atoms with Gasteiger partial charge in [-0.1, -0.05) is 49.7 Å². The second kappa shape index (κ2) is 2.69. The summed E-state index contributed by atoms with van der Waals surface area (Å²) in [7, 11) is 0.